The summed E-state index contributed by atoms with van der Waals surface area (Å²) in [6.45, 7) is 5.00. The number of hydrogen-bond donors (Lipinski definition) is 1. The van der Waals surface area contributed by atoms with E-state index >= 15 is 0 Å². The highest BCUT2D eigenvalue weighted by Crippen LogP contribution is 2.31. The lowest BCUT2D eigenvalue weighted by Crippen LogP contribution is -2.44. The number of piperidine rings is 1. The number of hydrogen-bond acceptors (Lipinski definition) is 6. The van der Waals surface area contributed by atoms with Crippen LogP contribution in [0.2, 0.25) is 0 Å². The maximum Gasteiger partial charge on any atom is 0.251 e. The number of benzene rings is 1. The van der Waals surface area contributed by atoms with Gasteiger partial charge in [0, 0.05) is 36.1 Å². The number of morpholine rings is 1. The van der Waals surface area contributed by atoms with Crippen molar-refractivity contribution in [3.63, 3.8) is 0 Å². The summed E-state index contributed by atoms with van der Waals surface area (Å²) in [5, 5.41) is 5.06. The second-order valence-electron chi connectivity index (χ2n) is 8.59. The van der Waals surface area contributed by atoms with E-state index in [-0.39, 0.29) is 10.8 Å². The van der Waals surface area contributed by atoms with Crippen LogP contribution in [-0.4, -0.2) is 76.0 Å². The summed E-state index contributed by atoms with van der Waals surface area (Å²) in [6, 6.07) is 7.32. The Hall–Kier alpha value is -1.78. The molecule has 1 amide bonds. The van der Waals surface area contributed by atoms with E-state index in [0.717, 1.165) is 29.0 Å². The summed E-state index contributed by atoms with van der Waals surface area (Å²) in [5.41, 5.74) is 2.23. The number of ether oxygens (including phenoxy) is 1. The lowest BCUT2D eigenvalue weighted by molar-refractivity contribution is 0.0730. The van der Waals surface area contributed by atoms with Crippen LogP contribution in [0.3, 0.4) is 0 Å². The van der Waals surface area contributed by atoms with Crippen LogP contribution in [0.25, 0.3) is 10.4 Å². The fraction of sp³-hybridized carbons (Fsp3) is 0.522. The van der Waals surface area contributed by atoms with Crippen molar-refractivity contribution in [2.24, 2.45) is 0 Å². The molecule has 2 fully saturated rings. The van der Waals surface area contributed by atoms with Crippen molar-refractivity contribution in [1.82, 2.24) is 14.5 Å². The maximum absolute atomic E-state index is 13.3. The Morgan fingerprint density at radius 2 is 1.94 bits per heavy atom. The maximum atomic E-state index is 13.3. The van der Waals surface area contributed by atoms with Crippen LogP contribution >= 0.6 is 11.3 Å². The third-order valence-corrected chi connectivity index (χ3v) is 9.18. The zero-order chi connectivity index (χ0) is 22.7. The minimum Gasteiger partial charge on any atom is -0.379 e. The van der Waals surface area contributed by atoms with Crippen LogP contribution in [0.15, 0.2) is 34.5 Å². The first-order valence-electron chi connectivity index (χ1n) is 11.1. The van der Waals surface area contributed by atoms with E-state index in [0.29, 0.717) is 44.5 Å². The van der Waals surface area contributed by atoms with Crippen LogP contribution in [0, 0.1) is 6.92 Å². The Bertz CT molecular complexity index is 1060. The fourth-order valence-corrected chi connectivity index (χ4v) is 6.62. The third-order valence-electron chi connectivity index (χ3n) is 6.21. The molecule has 0 spiro atoms. The van der Waals surface area contributed by atoms with Gasteiger partial charge in [0.15, 0.2) is 0 Å². The number of thiophene rings is 1. The summed E-state index contributed by atoms with van der Waals surface area (Å²) in [4.78, 5) is 16.5. The van der Waals surface area contributed by atoms with Gasteiger partial charge in [0.1, 0.15) is 0 Å². The van der Waals surface area contributed by atoms with Gasteiger partial charge in [0.2, 0.25) is 10.0 Å². The van der Waals surface area contributed by atoms with Crippen molar-refractivity contribution in [3.8, 4) is 10.4 Å². The average molecular weight is 478 g/mol. The van der Waals surface area contributed by atoms with Gasteiger partial charge in [-0.25, -0.2) is 8.42 Å². The lowest BCUT2D eigenvalue weighted by Gasteiger charge is -2.32. The molecule has 1 aromatic carbocycles. The zero-order valence-corrected chi connectivity index (χ0v) is 20.3. The molecule has 174 valence electrons. The van der Waals surface area contributed by atoms with Crippen LogP contribution in [0.1, 0.15) is 35.2 Å². The van der Waals surface area contributed by atoms with Crippen molar-refractivity contribution in [2.75, 3.05) is 46.4 Å². The number of sulfonamides is 1. The molecular weight excluding hydrogens is 446 g/mol. The number of likely N-dealkylation sites (N-methyl/N-ethyl adjacent to an activating group) is 1. The van der Waals surface area contributed by atoms with Gasteiger partial charge >= 0.3 is 0 Å². The number of likely N-dealkylation sites (tertiary alicyclic amines) is 1. The summed E-state index contributed by atoms with van der Waals surface area (Å²) in [6.07, 6.45) is 3.41. The molecule has 3 heterocycles. The molecule has 2 saturated heterocycles. The summed E-state index contributed by atoms with van der Waals surface area (Å²) < 4.78 is 33.4. The number of aryl methyl sites for hydroxylation is 1. The first-order chi connectivity index (χ1) is 15.3. The molecule has 1 N–H and O–H groups in total. The molecule has 1 aromatic heterocycles. The number of carbonyl (C=O) groups is 1. The zero-order valence-electron chi connectivity index (χ0n) is 18.7. The van der Waals surface area contributed by atoms with Crippen molar-refractivity contribution in [1.29, 1.82) is 0 Å². The van der Waals surface area contributed by atoms with Gasteiger partial charge in [-0.05, 0) is 74.1 Å². The van der Waals surface area contributed by atoms with E-state index in [9.17, 15) is 13.2 Å². The van der Waals surface area contributed by atoms with Crippen LogP contribution in [0.4, 0.5) is 0 Å². The second-order valence-corrected chi connectivity index (χ2v) is 11.4. The highest BCUT2D eigenvalue weighted by Gasteiger charge is 2.28. The summed E-state index contributed by atoms with van der Waals surface area (Å²) in [7, 11) is -1.63. The molecule has 9 heteroatoms. The Morgan fingerprint density at radius 3 is 2.62 bits per heavy atom. The molecule has 2 aliphatic heterocycles. The van der Waals surface area contributed by atoms with Gasteiger partial charge in [-0.3, -0.25) is 4.79 Å². The molecule has 7 nitrogen and oxygen atoms in total. The van der Waals surface area contributed by atoms with Crippen LogP contribution in [0.5, 0.6) is 0 Å². The van der Waals surface area contributed by atoms with Gasteiger partial charge < -0.3 is 15.0 Å². The molecule has 2 aliphatic rings. The largest absolute Gasteiger partial charge is 0.379 e. The first-order valence-corrected chi connectivity index (χ1v) is 13.4. The monoisotopic (exact) mass is 477 g/mol. The number of amides is 1. The predicted octanol–water partition coefficient (Wildman–Crippen LogP) is 2.96. The molecule has 0 aliphatic carbocycles. The van der Waals surface area contributed by atoms with Crippen LogP contribution in [-0.2, 0) is 14.8 Å². The van der Waals surface area contributed by atoms with E-state index < -0.39 is 10.0 Å². The summed E-state index contributed by atoms with van der Waals surface area (Å²) in [5.74, 6) is -0.238. The van der Waals surface area contributed by atoms with Gasteiger partial charge in [0.25, 0.3) is 5.91 Å². The van der Waals surface area contributed by atoms with Crippen molar-refractivity contribution < 1.29 is 17.9 Å². The number of rotatable bonds is 6. The molecule has 0 radical (unpaired) electrons. The third kappa shape index (κ3) is 5.23. The lowest BCUT2D eigenvalue weighted by atomic mass is 10.0. The van der Waals surface area contributed by atoms with E-state index in [2.05, 4.69) is 17.3 Å². The summed E-state index contributed by atoms with van der Waals surface area (Å²) >= 11 is 1.55. The highest BCUT2D eigenvalue weighted by molar-refractivity contribution is 7.89. The topological polar surface area (TPSA) is 79.0 Å². The molecule has 1 unspecified atom stereocenters. The van der Waals surface area contributed by atoms with Gasteiger partial charge in [-0.2, -0.15) is 4.31 Å². The predicted molar refractivity (Wildman–Crippen MR) is 127 cm³/mol. The Balaban J connectivity index is 1.63. The minimum absolute atomic E-state index is 0.155. The first kappa shape index (κ1) is 23.4. The standard InChI is InChI=1S/C23H31N3O4S2/c1-17-11-22(31-16-17)18-12-19(23(27)24-15-20-5-3-4-6-25(20)2)14-21(13-18)32(28,29)26-7-9-30-10-8-26/h11-14,16,20H,3-10,15H2,1-2H3,(H,24,27). The second kappa shape index (κ2) is 10.0. The Morgan fingerprint density at radius 1 is 1.16 bits per heavy atom. The molecule has 2 aromatic rings. The SMILES string of the molecule is Cc1csc(-c2cc(C(=O)NCC3CCCCN3C)cc(S(=O)(=O)N3CCOCC3)c2)c1. The molecule has 4 rings (SSSR count). The number of nitrogens with zero attached hydrogens (tertiary/aromatic N) is 2. The minimum atomic E-state index is -3.72. The van der Waals surface area contributed by atoms with Gasteiger partial charge in [-0.1, -0.05) is 6.42 Å². The van der Waals surface area contributed by atoms with E-state index in [1.807, 2.05) is 18.4 Å². The molecule has 32 heavy (non-hydrogen) atoms. The average Bonchev–Trinajstić information content (AvgIpc) is 3.25. The smallest absolute Gasteiger partial charge is 0.251 e. The van der Waals surface area contributed by atoms with Gasteiger partial charge in [-0.15, -0.1) is 11.3 Å². The van der Waals surface area contributed by atoms with E-state index in [4.69, 9.17) is 4.74 Å². The molecule has 1 atom stereocenters. The van der Waals surface area contributed by atoms with E-state index in [1.165, 1.54) is 23.2 Å². The van der Waals surface area contributed by atoms with Crippen molar-refractivity contribution in [2.45, 2.75) is 37.1 Å². The number of carbonyl (C=O) groups excluding carboxylic acids is 1. The molecule has 0 bridgehead atoms. The Kier molecular flexibility index (Phi) is 7.31. The Labute approximate surface area is 194 Å². The highest BCUT2D eigenvalue weighted by atomic mass is 32.2. The number of nitrogens with one attached hydrogen (secondary N) is 1. The van der Waals surface area contributed by atoms with Crippen molar-refractivity contribution in [3.05, 3.63) is 40.8 Å². The van der Waals surface area contributed by atoms with Gasteiger partial charge in [0.05, 0.1) is 18.1 Å². The van der Waals surface area contributed by atoms with Crippen molar-refractivity contribution >= 4 is 27.3 Å². The fourth-order valence-electron chi connectivity index (χ4n) is 4.25. The van der Waals surface area contributed by atoms with E-state index in [1.54, 1.807) is 23.5 Å². The normalized spacial score (nSPS) is 20.9. The van der Waals surface area contributed by atoms with Crippen LogP contribution < -0.4 is 5.32 Å². The quantitative estimate of drug-likeness (QED) is 0.692. The molecular formula is C23H31N3O4S2. The molecule has 0 saturated carbocycles.